The van der Waals surface area contributed by atoms with E-state index in [4.69, 9.17) is 4.74 Å². The molecule has 3 unspecified atom stereocenters. The maximum Gasteiger partial charge on any atom is 0.323 e. The topological polar surface area (TPSA) is 61.8 Å². The number of hydrogen-bond acceptors (Lipinski definition) is 4. The van der Waals surface area contributed by atoms with Gasteiger partial charge in [0.05, 0.1) is 6.61 Å². The van der Waals surface area contributed by atoms with E-state index in [9.17, 15) is 9.90 Å². The van der Waals surface area contributed by atoms with Crippen molar-refractivity contribution >= 4 is 5.97 Å². The molecule has 1 rings (SSSR count). The first kappa shape index (κ1) is 14.4. The van der Waals surface area contributed by atoms with Crippen LogP contribution in [0.1, 0.15) is 26.7 Å². The molecule has 0 aromatic rings. The van der Waals surface area contributed by atoms with E-state index in [0.717, 1.165) is 19.6 Å². The molecule has 1 fully saturated rings. The van der Waals surface area contributed by atoms with Gasteiger partial charge in [0.25, 0.3) is 0 Å². The highest BCUT2D eigenvalue weighted by atomic mass is 16.5. The lowest BCUT2D eigenvalue weighted by Gasteiger charge is -2.35. The first-order chi connectivity index (χ1) is 7.90. The molecular weight excluding hydrogens is 220 g/mol. The van der Waals surface area contributed by atoms with Gasteiger partial charge in [-0.05, 0) is 40.8 Å². The number of nitrogens with zero attached hydrogens (tertiary/aromatic N) is 1. The molecule has 0 amide bonds. The molecule has 1 aliphatic rings. The first-order valence-electron chi connectivity index (χ1n) is 6.12. The lowest BCUT2D eigenvalue weighted by atomic mass is 9.92. The van der Waals surface area contributed by atoms with Gasteiger partial charge in [-0.25, -0.2) is 0 Å². The second-order valence-electron chi connectivity index (χ2n) is 5.12. The van der Waals surface area contributed by atoms with Gasteiger partial charge in [-0.3, -0.25) is 9.69 Å². The zero-order chi connectivity index (χ0) is 13.1. The van der Waals surface area contributed by atoms with Crippen molar-refractivity contribution in [2.24, 2.45) is 0 Å². The van der Waals surface area contributed by atoms with Gasteiger partial charge in [-0.15, -0.1) is 0 Å². The van der Waals surface area contributed by atoms with Crippen LogP contribution in [0.2, 0.25) is 0 Å². The SMILES string of the molecule is CNC(C)(CC(C)N(C)C1CCOC1)C(=O)O. The lowest BCUT2D eigenvalue weighted by Crippen LogP contribution is -2.52. The Bertz CT molecular complexity index is 266. The minimum atomic E-state index is -0.868. The Morgan fingerprint density at radius 1 is 1.71 bits per heavy atom. The maximum absolute atomic E-state index is 11.2. The van der Waals surface area contributed by atoms with Crippen molar-refractivity contribution in [2.45, 2.75) is 44.3 Å². The monoisotopic (exact) mass is 244 g/mol. The van der Waals surface area contributed by atoms with Crippen LogP contribution in [-0.4, -0.2) is 60.9 Å². The molecule has 1 aliphatic heterocycles. The van der Waals surface area contributed by atoms with Crippen LogP contribution < -0.4 is 5.32 Å². The Kier molecular flexibility index (Phi) is 4.91. The second-order valence-corrected chi connectivity index (χ2v) is 5.12. The summed E-state index contributed by atoms with van der Waals surface area (Å²) < 4.78 is 5.36. The molecule has 0 spiro atoms. The van der Waals surface area contributed by atoms with Crippen molar-refractivity contribution in [1.29, 1.82) is 0 Å². The predicted molar refractivity (Wildman–Crippen MR) is 66.2 cm³/mol. The van der Waals surface area contributed by atoms with Crippen LogP contribution in [0.5, 0.6) is 0 Å². The fourth-order valence-corrected chi connectivity index (χ4v) is 2.23. The Balaban J connectivity index is 2.57. The van der Waals surface area contributed by atoms with E-state index in [0.29, 0.717) is 12.5 Å². The number of rotatable bonds is 6. The van der Waals surface area contributed by atoms with Crippen molar-refractivity contribution < 1.29 is 14.6 Å². The van der Waals surface area contributed by atoms with Gasteiger partial charge >= 0.3 is 5.97 Å². The summed E-state index contributed by atoms with van der Waals surface area (Å²) in [6.45, 7) is 5.36. The zero-order valence-electron chi connectivity index (χ0n) is 11.2. The molecule has 2 N–H and O–H groups in total. The number of carboxylic acids is 1. The van der Waals surface area contributed by atoms with E-state index in [1.165, 1.54) is 0 Å². The molecule has 0 saturated carbocycles. The van der Waals surface area contributed by atoms with Gasteiger partial charge in [-0.1, -0.05) is 0 Å². The lowest BCUT2D eigenvalue weighted by molar-refractivity contribution is -0.144. The van der Waals surface area contributed by atoms with E-state index in [2.05, 4.69) is 17.1 Å². The Hall–Kier alpha value is -0.650. The highest BCUT2D eigenvalue weighted by Gasteiger charge is 2.35. The molecule has 0 aliphatic carbocycles. The largest absolute Gasteiger partial charge is 0.480 e. The van der Waals surface area contributed by atoms with Crippen molar-refractivity contribution in [3.63, 3.8) is 0 Å². The van der Waals surface area contributed by atoms with Gasteiger partial charge in [0, 0.05) is 18.7 Å². The third kappa shape index (κ3) is 3.40. The summed E-state index contributed by atoms with van der Waals surface area (Å²) in [5, 5.41) is 12.1. The second kappa shape index (κ2) is 5.80. The normalized spacial score (nSPS) is 25.8. The molecule has 5 heteroatoms. The molecule has 5 nitrogen and oxygen atoms in total. The number of hydrogen-bond donors (Lipinski definition) is 2. The third-order valence-corrected chi connectivity index (χ3v) is 3.90. The number of carbonyl (C=O) groups is 1. The quantitative estimate of drug-likeness (QED) is 0.714. The van der Waals surface area contributed by atoms with Crippen molar-refractivity contribution in [2.75, 3.05) is 27.3 Å². The molecule has 0 aromatic carbocycles. The Morgan fingerprint density at radius 2 is 2.35 bits per heavy atom. The number of likely N-dealkylation sites (N-methyl/N-ethyl adjacent to an activating group) is 2. The van der Waals surface area contributed by atoms with E-state index >= 15 is 0 Å². The Morgan fingerprint density at radius 3 is 2.76 bits per heavy atom. The summed E-state index contributed by atoms with van der Waals surface area (Å²) in [6.07, 6.45) is 1.61. The molecule has 0 bridgehead atoms. The summed E-state index contributed by atoms with van der Waals surface area (Å²) >= 11 is 0. The molecule has 100 valence electrons. The van der Waals surface area contributed by atoms with Crippen molar-refractivity contribution in [1.82, 2.24) is 10.2 Å². The van der Waals surface area contributed by atoms with Crippen LogP contribution in [0.4, 0.5) is 0 Å². The molecule has 17 heavy (non-hydrogen) atoms. The summed E-state index contributed by atoms with van der Waals surface area (Å²) in [4.78, 5) is 13.5. The molecule has 0 radical (unpaired) electrons. The summed E-state index contributed by atoms with van der Waals surface area (Å²) in [7, 11) is 3.74. The fraction of sp³-hybridized carbons (Fsp3) is 0.917. The third-order valence-electron chi connectivity index (χ3n) is 3.90. The van der Waals surface area contributed by atoms with Gasteiger partial charge in [-0.2, -0.15) is 0 Å². The first-order valence-corrected chi connectivity index (χ1v) is 6.12. The minimum absolute atomic E-state index is 0.204. The number of ether oxygens (including phenoxy) is 1. The highest BCUT2D eigenvalue weighted by molar-refractivity contribution is 5.78. The average Bonchev–Trinajstić information content (AvgIpc) is 2.80. The van der Waals surface area contributed by atoms with E-state index in [-0.39, 0.29) is 6.04 Å². The number of aliphatic carboxylic acids is 1. The molecule has 1 saturated heterocycles. The predicted octanol–water partition coefficient (Wildman–Crippen LogP) is 0.548. The van der Waals surface area contributed by atoms with Crippen LogP contribution in [0, 0.1) is 0 Å². The average molecular weight is 244 g/mol. The van der Waals surface area contributed by atoms with Gasteiger partial charge < -0.3 is 15.2 Å². The van der Waals surface area contributed by atoms with Crippen LogP contribution in [0.25, 0.3) is 0 Å². The molecule has 1 heterocycles. The van der Waals surface area contributed by atoms with Crippen molar-refractivity contribution in [3.05, 3.63) is 0 Å². The number of carboxylic acid groups (broad SMARTS) is 1. The van der Waals surface area contributed by atoms with E-state index < -0.39 is 11.5 Å². The van der Waals surface area contributed by atoms with Gasteiger partial charge in [0.2, 0.25) is 0 Å². The molecule has 3 atom stereocenters. The summed E-state index contributed by atoms with van der Waals surface area (Å²) in [6, 6.07) is 0.621. The smallest absolute Gasteiger partial charge is 0.323 e. The molecular formula is C12H24N2O3. The van der Waals surface area contributed by atoms with Crippen LogP contribution in [0.15, 0.2) is 0 Å². The van der Waals surface area contributed by atoms with Crippen LogP contribution >= 0.6 is 0 Å². The number of nitrogens with one attached hydrogen (secondary N) is 1. The fourth-order valence-electron chi connectivity index (χ4n) is 2.23. The minimum Gasteiger partial charge on any atom is -0.480 e. The highest BCUT2D eigenvalue weighted by Crippen LogP contribution is 2.20. The van der Waals surface area contributed by atoms with Crippen LogP contribution in [-0.2, 0) is 9.53 Å². The van der Waals surface area contributed by atoms with Gasteiger partial charge in [0.1, 0.15) is 5.54 Å². The van der Waals surface area contributed by atoms with E-state index in [1.54, 1.807) is 14.0 Å². The summed E-state index contributed by atoms with van der Waals surface area (Å²) in [5.41, 5.74) is -0.868. The maximum atomic E-state index is 11.2. The molecule has 0 aromatic heterocycles. The van der Waals surface area contributed by atoms with Gasteiger partial charge in [0.15, 0.2) is 0 Å². The Labute approximate surface area is 103 Å². The summed E-state index contributed by atoms with van der Waals surface area (Å²) in [5.74, 6) is -0.803. The van der Waals surface area contributed by atoms with Crippen molar-refractivity contribution in [3.8, 4) is 0 Å². The zero-order valence-corrected chi connectivity index (χ0v) is 11.2. The standard InChI is InChI=1S/C12H24N2O3/c1-9(7-12(2,13-3)11(15)16)14(4)10-5-6-17-8-10/h9-10,13H,5-8H2,1-4H3,(H,15,16). The van der Waals surface area contributed by atoms with Crippen LogP contribution in [0.3, 0.4) is 0 Å². The van der Waals surface area contributed by atoms with E-state index in [1.807, 2.05) is 7.05 Å².